The van der Waals surface area contributed by atoms with E-state index in [1.807, 2.05) is 20.8 Å². The number of nitrogens with one attached hydrogen (secondary N) is 1. The zero-order valence-electron chi connectivity index (χ0n) is 11.8. The third-order valence-electron chi connectivity index (χ3n) is 2.64. The Balaban J connectivity index is 2.66. The highest BCUT2D eigenvalue weighted by molar-refractivity contribution is 7.99. The predicted molar refractivity (Wildman–Crippen MR) is 76.3 cm³/mol. The Bertz CT molecular complexity index is 414. The van der Waals surface area contributed by atoms with Gasteiger partial charge in [0.05, 0.1) is 6.20 Å². The minimum atomic E-state index is -0.928. The summed E-state index contributed by atoms with van der Waals surface area (Å²) in [7, 11) is 0. The molecule has 1 heterocycles. The van der Waals surface area contributed by atoms with Crippen LogP contribution in [-0.2, 0) is 4.79 Å². The maximum absolute atomic E-state index is 11.4. The minimum absolute atomic E-state index is 0.120. The van der Waals surface area contributed by atoms with Crippen LogP contribution in [0.4, 0.5) is 0 Å². The van der Waals surface area contributed by atoms with Crippen molar-refractivity contribution in [3.05, 3.63) is 18.6 Å². The highest BCUT2D eigenvalue weighted by Gasteiger charge is 2.35. The molecule has 1 rings (SSSR count). The standard InChI is InChI=1S/C13H21N3O2S/c1-9(2)16-13(4,12(17)18)7-10(3)19-11-8-14-5-6-15-11/h5-6,8-10,16H,7H2,1-4H3,(H,17,18). The summed E-state index contributed by atoms with van der Waals surface area (Å²) in [6.45, 7) is 7.62. The van der Waals surface area contributed by atoms with Crippen molar-refractivity contribution in [3.63, 3.8) is 0 Å². The number of carbonyl (C=O) groups is 1. The van der Waals surface area contributed by atoms with Gasteiger partial charge in [-0.25, -0.2) is 4.98 Å². The van der Waals surface area contributed by atoms with E-state index in [4.69, 9.17) is 0 Å². The van der Waals surface area contributed by atoms with Gasteiger partial charge in [-0.05, 0) is 27.2 Å². The number of carboxylic acid groups (broad SMARTS) is 1. The summed E-state index contributed by atoms with van der Waals surface area (Å²) in [4.78, 5) is 19.6. The molecule has 6 heteroatoms. The van der Waals surface area contributed by atoms with E-state index in [1.165, 1.54) is 11.8 Å². The summed E-state index contributed by atoms with van der Waals surface area (Å²) in [5.74, 6) is -0.826. The van der Waals surface area contributed by atoms with Gasteiger partial charge >= 0.3 is 5.97 Å². The van der Waals surface area contributed by atoms with Crippen molar-refractivity contribution in [3.8, 4) is 0 Å². The highest BCUT2D eigenvalue weighted by atomic mass is 32.2. The molecule has 0 fully saturated rings. The van der Waals surface area contributed by atoms with Gasteiger partial charge in [0.25, 0.3) is 0 Å². The first-order valence-electron chi connectivity index (χ1n) is 6.27. The number of thioether (sulfide) groups is 1. The van der Waals surface area contributed by atoms with Gasteiger partial charge in [0.1, 0.15) is 10.6 Å². The fraction of sp³-hybridized carbons (Fsp3) is 0.615. The molecule has 0 amide bonds. The van der Waals surface area contributed by atoms with Gasteiger partial charge in [-0.1, -0.05) is 6.92 Å². The first kappa shape index (κ1) is 15.9. The molecule has 0 radical (unpaired) electrons. The van der Waals surface area contributed by atoms with Crippen molar-refractivity contribution in [2.75, 3.05) is 0 Å². The highest BCUT2D eigenvalue weighted by Crippen LogP contribution is 2.27. The van der Waals surface area contributed by atoms with Crippen LogP contribution < -0.4 is 5.32 Å². The molecular formula is C13H21N3O2S. The van der Waals surface area contributed by atoms with E-state index in [2.05, 4.69) is 15.3 Å². The maximum Gasteiger partial charge on any atom is 0.323 e. The first-order valence-corrected chi connectivity index (χ1v) is 7.15. The third kappa shape index (κ3) is 5.16. The normalized spacial score (nSPS) is 16.1. The lowest BCUT2D eigenvalue weighted by Crippen LogP contribution is -2.53. The topological polar surface area (TPSA) is 75.1 Å². The zero-order valence-corrected chi connectivity index (χ0v) is 12.6. The number of rotatable bonds is 7. The predicted octanol–water partition coefficient (Wildman–Crippen LogP) is 2.19. The van der Waals surface area contributed by atoms with E-state index in [-0.39, 0.29) is 11.3 Å². The van der Waals surface area contributed by atoms with Crippen molar-refractivity contribution >= 4 is 17.7 Å². The molecule has 0 aliphatic carbocycles. The first-order chi connectivity index (χ1) is 8.83. The van der Waals surface area contributed by atoms with Crippen LogP contribution in [0.2, 0.25) is 0 Å². The monoisotopic (exact) mass is 283 g/mol. The summed E-state index contributed by atoms with van der Waals surface area (Å²) in [6.07, 6.45) is 5.46. The van der Waals surface area contributed by atoms with Crippen LogP contribution in [-0.4, -0.2) is 37.9 Å². The molecular weight excluding hydrogens is 262 g/mol. The Morgan fingerprint density at radius 2 is 2.16 bits per heavy atom. The Labute approximate surface area is 118 Å². The zero-order chi connectivity index (χ0) is 14.5. The van der Waals surface area contributed by atoms with E-state index in [0.29, 0.717) is 6.42 Å². The number of carboxylic acids is 1. The lowest BCUT2D eigenvalue weighted by molar-refractivity contribution is -0.144. The summed E-state index contributed by atoms with van der Waals surface area (Å²) in [6, 6.07) is 0.120. The molecule has 0 saturated heterocycles. The SMILES string of the molecule is CC(C)NC(C)(CC(C)Sc1cnccn1)C(=O)O. The van der Waals surface area contributed by atoms with Gasteiger partial charge in [-0.2, -0.15) is 0 Å². The quantitative estimate of drug-likeness (QED) is 0.747. The molecule has 2 N–H and O–H groups in total. The number of aromatic nitrogens is 2. The summed E-state index contributed by atoms with van der Waals surface area (Å²) < 4.78 is 0. The molecule has 2 unspecified atom stereocenters. The average Bonchev–Trinajstić information content (AvgIpc) is 2.28. The molecule has 1 aromatic rings. The van der Waals surface area contributed by atoms with Crippen LogP contribution in [0, 0.1) is 0 Å². The number of nitrogens with zero attached hydrogens (tertiary/aromatic N) is 2. The molecule has 2 atom stereocenters. The van der Waals surface area contributed by atoms with E-state index in [1.54, 1.807) is 25.5 Å². The van der Waals surface area contributed by atoms with Crippen molar-refractivity contribution in [1.82, 2.24) is 15.3 Å². The molecule has 0 bridgehead atoms. The molecule has 5 nitrogen and oxygen atoms in total. The van der Waals surface area contributed by atoms with Gasteiger partial charge in [0, 0.05) is 23.7 Å². The Morgan fingerprint density at radius 1 is 1.47 bits per heavy atom. The van der Waals surface area contributed by atoms with Crippen LogP contribution in [0.25, 0.3) is 0 Å². The fourth-order valence-electron chi connectivity index (χ4n) is 2.01. The van der Waals surface area contributed by atoms with E-state index < -0.39 is 11.5 Å². The molecule has 0 aliphatic heterocycles. The number of aliphatic carboxylic acids is 1. The number of hydrogen-bond acceptors (Lipinski definition) is 5. The molecule has 0 spiro atoms. The van der Waals surface area contributed by atoms with Crippen LogP contribution in [0.3, 0.4) is 0 Å². The van der Waals surface area contributed by atoms with Crippen LogP contribution >= 0.6 is 11.8 Å². The van der Waals surface area contributed by atoms with Crippen molar-refractivity contribution in [2.45, 2.75) is 56.0 Å². The van der Waals surface area contributed by atoms with E-state index >= 15 is 0 Å². The smallest absolute Gasteiger partial charge is 0.323 e. The Hall–Kier alpha value is -1.14. The van der Waals surface area contributed by atoms with Gasteiger partial charge in [0.2, 0.25) is 0 Å². The van der Waals surface area contributed by atoms with Crippen molar-refractivity contribution < 1.29 is 9.90 Å². The Morgan fingerprint density at radius 3 is 2.63 bits per heavy atom. The largest absolute Gasteiger partial charge is 0.480 e. The number of hydrogen-bond donors (Lipinski definition) is 2. The fourth-order valence-corrected chi connectivity index (χ4v) is 3.09. The summed E-state index contributed by atoms with van der Waals surface area (Å²) in [5, 5.41) is 13.5. The molecule has 0 aliphatic rings. The molecule has 106 valence electrons. The lowest BCUT2D eigenvalue weighted by atomic mass is 9.95. The molecule has 0 aromatic carbocycles. The molecule has 19 heavy (non-hydrogen) atoms. The van der Waals surface area contributed by atoms with Gasteiger partial charge in [-0.3, -0.25) is 15.1 Å². The summed E-state index contributed by atoms with van der Waals surface area (Å²) >= 11 is 1.54. The second kappa shape index (κ2) is 6.86. The van der Waals surface area contributed by atoms with E-state index in [0.717, 1.165) is 5.03 Å². The molecule has 0 saturated carbocycles. The maximum atomic E-state index is 11.4. The van der Waals surface area contributed by atoms with E-state index in [9.17, 15) is 9.90 Å². The van der Waals surface area contributed by atoms with Gasteiger partial charge < -0.3 is 5.11 Å². The van der Waals surface area contributed by atoms with Crippen LogP contribution in [0.15, 0.2) is 23.6 Å². The average molecular weight is 283 g/mol. The molecule has 1 aromatic heterocycles. The summed E-state index contributed by atoms with van der Waals surface area (Å²) in [5.41, 5.74) is -0.928. The second-order valence-corrected chi connectivity index (χ2v) is 6.57. The van der Waals surface area contributed by atoms with Gasteiger partial charge in [-0.15, -0.1) is 11.8 Å². The minimum Gasteiger partial charge on any atom is -0.480 e. The van der Waals surface area contributed by atoms with Gasteiger partial charge in [0.15, 0.2) is 0 Å². The van der Waals surface area contributed by atoms with Crippen LogP contribution in [0.1, 0.15) is 34.1 Å². The van der Waals surface area contributed by atoms with Crippen molar-refractivity contribution in [1.29, 1.82) is 0 Å². The van der Waals surface area contributed by atoms with Crippen molar-refractivity contribution in [2.24, 2.45) is 0 Å². The Kier molecular flexibility index (Phi) is 5.75. The third-order valence-corrected chi connectivity index (χ3v) is 3.66. The second-order valence-electron chi connectivity index (χ2n) is 5.11. The lowest BCUT2D eigenvalue weighted by Gasteiger charge is -2.30. The van der Waals surface area contributed by atoms with Crippen LogP contribution in [0.5, 0.6) is 0 Å².